The van der Waals surface area contributed by atoms with Gasteiger partial charge in [0.2, 0.25) is 10.0 Å². The number of sulfonamides is 1. The van der Waals surface area contributed by atoms with E-state index in [0.717, 1.165) is 11.3 Å². The first kappa shape index (κ1) is 20.0. The topological polar surface area (TPSA) is 66.1 Å². The molecule has 5 nitrogen and oxygen atoms in total. The van der Waals surface area contributed by atoms with Crippen LogP contribution in [-0.4, -0.2) is 36.5 Å². The maximum atomic E-state index is 13.3. The lowest BCUT2D eigenvalue weighted by atomic mass is 10.1. The summed E-state index contributed by atoms with van der Waals surface area (Å²) in [5.41, 5.74) is 3.08. The first-order valence-corrected chi connectivity index (χ1v) is 10.4. The smallest absolute Gasteiger partial charge is 0.235 e. The van der Waals surface area contributed by atoms with Gasteiger partial charge < -0.3 is 0 Å². The molecule has 0 saturated heterocycles. The number of benzene rings is 2. The van der Waals surface area contributed by atoms with Crippen molar-refractivity contribution in [2.45, 2.75) is 12.8 Å². The van der Waals surface area contributed by atoms with Gasteiger partial charge in [0.25, 0.3) is 0 Å². The third-order valence-corrected chi connectivity index (χ3v) is 5.87. The number of halogens is 1. The summed E-state index contributed by atoms with van der Waals surface area (Å²) in [5, 5.41) is 8.35. The van der Waals surface area contributed by atoms with E-state index in [1.54, 1.807) is 25.3 Å². The number of nitrogens with one attached hydrogen (secondary N) is 1. The predicted octanol–water partition coefficient (Wildman–Crippen LogP) is 4.08. The van der Waals surface area contributed by atoms with Gasteiger partial charge in [-0.2, -0.15) is 5.10 Å². The average Bonchev–Trinajstić information content (AvgIpc) is 3.16. The van der Waals surface area contributed by atoms with Gasteiger partial charge >= 0.3 is 0 Å². The zero-order valence-electron chi connectivity index (χ0n) is 15.5. The Morgan fingerprint density at radius 1 is 1.11 bits per heavy atom. The molecule has 0 unspecified atom stereocenters. The van der Waals surface area contributed by atoms with Crippen LogP contribution in [-0.2, 0) is 16.4 Å². The quantitative estimate of drug-likeness (QED) is 0.621. The van der Waals surface area contributed by atoms with Gasteiger partial charge in [-0.3, -0.25) is 5.10 Å². The molecular formula is C21H22FN3O2S. The van der Waals surface area contributed by atoms with Crippen molar-refractivity contribution in [1.29, 1.82) is 0 Å². The summed E-state index contributed by atoms with van der Waals surface area (Å²) in [6.45, 7) is 0.385. The van der Waals surface area contributed by atoms with Crippen LogP contribution in [0.25, 0.3) is 17.3 Å². The van der Waals surface area contributed by atoms with Crippen LogP contribution in [0.2, 0.25) is 0 Å². The summed E-state index contributed by atoms with van der Waals surface area (Å²) in [7, 11) is -1.90. The van der Waals surface area contributed by atoms with E-state index < -0.39 is 10.0 Å². The lowest BCUT2D eigenvalue weighted by Crippen LogP contribution is -2.26. The van der Waals surface area contributed by atoms with Crippen molar-refractivity contribution >= 4 is 16.1 Å². The average molecular weight is 399 g/mol. The number of nitrogens with zero attached hydrogens (tertiary/aromatic N) is 2. The number of aromatic amines is 1. The lowest BCUT2D eigenvalue weighted by Gasteiger charge is -2.14. The van der Waals surface area contributed by atoms with E-state index in [-0.39, 0.29) is 5.82 Å². The summed E-state index contributed by atoms with van der Waals surface area (Å²) in [4.78, 5) is 0. The van der Waals surface area contributed by atoms with Gasteiger partial charge in [0.1, 0.15) is 5.82 Å². The van der Waals surface area contributed by atoms with Crippen molar-refractivity contribution in [1.82, 2.24) is 14.5 Å². The fraction of sp³-hybridized carbons (Fsp3) is 0.190. The van der Waals surface area contributed by atoms with Crippen LogP contribution >= 0.6 is 0 Å². The molecule has 7 heteroatoms. The molecule has 0 atom stereocenters. The molecule has 0 bridgehead atoms. The Balaban J connectivity index is 1.54. The van der Waals surface area contributed by atoms with Crippen LogP contribution in [0.3, 0.4) is 0 Å². The van der Waals surface area contributed by atoms with E-state index in [1.165, 1.54) is 21.8 Å². The number of rotatable bonds is 8. The van der Waals surface area contributed by atoms with Gasteiger partial charge in [0.15, 0.2) is 0 Å². The van der Waals surface area contributed by atoms with Crippen LogP contribution in [0, 0.1) is 5.82 Å². The molecule has 1 N–H and O–H groups in total. The molecule has 146 valence electrons. The molecule has 3 aromatic rings. The second kappa shape index (κ2) is 8.95. The van der Waals surface area contributed by atoms with Crippen molar-refractivity contribution in [2.75, 3.05) is 13.6 Å². The van der Waals surface area contributed by atoms with Crippen molar-refractivity contribution < 1.29 is 12.8 Å². The summed E-state index contributed by atoms with van der Waals surface area (Å²) in [6.07, 6.45) is 2.87. The highest BCUT2D eigenvalue weighted by molar-refractivity contribution is 7.92. The van der Waals surface area contributed by atoms with Gasteiger partial charge in [-0.25, -0.2) is 17.1 Å². The molecule has 0 aliphatic rings. The fourth-order valence-corrected chi connectivity index (χ4v) is 3.66. The summed E-state index contributed by atoms with van der Waals surface area (Å²) < 4.78 is 39.4. The van der Waals surface area contributed by atoms with Gasteiger partial charge in [-0.15, -0.1) is 0 Å². The highest BCUT2D eigenvalue weighted by atomic mass is 32.2. The predicted molar refractivity (Wildman–Crippen MR) is 109 cm³/mol. The molecule has 0 amide bonds. The highest BCUT2D eigenvalue weighted by Gasteiger charge is 2.14. The third-order valence-electron chi connectivity index (χ3n) is 4.34. The van der Waals surface area contributed by atoms with E-state index in [2.05, 4.69) is 10.2 Å². The summed E-state index contributed by atoms with van der Waals surface area (Å²) in [6, 6.07) is 17.4. The molecule has 1 aromatic heterocycles. The SMILES string of the molecule is CN(CCCc1cc(-c2cccc(F)c2)n[nH]1)S(=O)(=O)/C=C/c1ccccc1. The maximum Gasteiger partial charge on any atom is 0.235 e. The van der Waals surface area contributed by atoms with Crippen molar-refractivity contribution in [3.63, 3.8) is 0 Å². The molecule has 0 saturated carbocycles. The second-order valence-electron chi connectivity index (χ2n) is 6.47. The Hall–Kier alpha value is -2.77. The molecule has 0 spiro atoms. The maximum absolute atomic E-state index is 13.3. The minimum Gasteiger partial charge on any atom is -0.282 e. The lowest BCUT2D eigenvalue weighted by molar-refractivity contribution is 0.468. The van der Waals surface area contributed by atoms with E-state index in [0.29, 0.717) is 30.6 Å². The van der Waals surface area contributed by atoms with Crippen LogP contribution in [0.4, 0.5) is 4.39 Å². The third kappa shape index (κ3) is 5.37. The monoisotopic (exact) mass is 399 g/mol. The fourth-order valence-electron chi connectivity index (χ4n) is 2.74. The Labute approximate surface area is 164 Å². The molecule has 2 aromatic carbocycles. The Morgan fingerprint density at radius 3 is 2.64 bits per heavy atom. The zero-order valence-corrected chi connectivity index (χ0v) is 16.4. The minimum absolute atomic E-state index is 0.308. The van der Waals surface area contributed by atoms with E-state index in [9.17, 15) is 12.8 Å². The summed E-state index contributed by atoms with van der Waals surface area (Å²) in [5.74, 6) is -0.308. The Kier molecular flexibility index (Phi) is 6.38. The molecule has 0 radical (unpaired) electrons. The molecule has 28 heavy (non-hydrogen) atoms. The number of hydrogen-bond acceptors (Lipinski definition) is 3. The number of aryl methyl sites for hydroxylation is 1. The highest BCUT2D eigenvalue weighted by Crippen LogP contribution is 2.19. The minimum atomic E-state index is -3.47. The van der Waals surface area contributed by atoms with Crippen molar-refractivity contribution in [3.8, 4) is 11.3 Å². The van der Waals surface area contributed by atoms with Crippen molar-refractivity contribution in [2.24, 2.45) is 0 Å². The van der Waals surface area contributed by atoms with E-state index in [4.69, 9.17) is 0 Å². The number of H-pyrrole nitrogens is 1. The molecular weight excluding hydrogens is 377 g/mol. The molecule has 0 aliphatic heterocycles. The Morgan fingerprint density at radius 2 is 1.89 bits per heavy atom. The van der Waals surface area contributed by atoms with Crippen LogP contribution < -0.4 is 0 Å². The van der Waals surface area contributed by atoms with Crippen LogP contribution in [0.5, 0.6) is 0 Å². The van der Waals surface area contributed by atoms with Gasteiger partial charge in [-0.05, 0) is 42.7 Å². The number of aromatic nitrogens is 2. The molecule has 1 heterocycles. The normalized spacial score (nSPS) is 12.1. The van der Waals surface area contributed by atoms with Gasteiger partial charge in [0, 0.05) is 30.3 Å². The number of hydrogen-bond donors (Lipinski definition) is 1. The first-order valence-electron chi connectivity index (χ1n) is 8.94. The van der Waals surface area contributed by atoms with Gasteiger partial charge in [0.05, 0.1) is 5.69 Å². The molecule has 0 aliphatic carbocycles. The zero-order chi connectivity index (χ0) is 20.0. The molecule has 3 rings (SSSR count). The summed E-state index contributed by atoms with van der Waals surface area (Å²) >= 11 is 0. The second-order valence-corrected chi connectivity index (χ2v) is 8.40. The van der Waals surface area contributed by atoms with E-state index in [1.807, 2.05) is 36.4 Å². The Bertz CT molecular complexity index is 1050. The van der Waals surface area contributed by atoms with Crippen molar-refractivity contribution in [3.05, 3.63) is 83.1 Å². The standard InChI is InChI=1S/C21H22FN3O2S/c1-25(28(26,27)14-12-17-7-3-2-4-8-17)13-6-11-20-16-21(24-23-20)18-9-5-10-19(22)15-18/h2-5,7-10,12,14-16H,6,11,13H2,1H3,(H,23,24)/b14-12+. The van der Waals surface area contributed by atoms with E-state index >= 15 is 0 Å². The largest absolute Gasteiger partial charge is 0.282 e. The molecule has 0 fully saturated rings. The van der Waals surface area contributed by atoms with Crippen LogP contribution in [0.1, 0.15) is 17.7 Å². The van der Waals surface area contributed by atoms with Gasteiger partial charge in [-0.1, -0.05) is 42.5 Å². The first-order chi connectivity index (χ1) is 13.4. The van der Waals surface area contributed by atoms with Crippen LogP contribution in [0.15, 0.2) is 66.1 Å².